The minimum absolute atomic E-state index is 0.307. The van der Waals surface area contributed by atoms with E-state index >= 15 is 0 Å². The average Bonchev–Trinajstić information content (AvgIpc) is 2.36. The Hall–Kier alpha value is -1.24. The Kier molecular flexibility index (Phi) is 7.43. The van der Waals surface area contributed by atoms with Crippen molar-refractivity contribution in [3.63, 3.8) is 0 Å². The van der Waals surface area contributed by atoms with E-state index in [4.69, 9.17) is 32.2 Å². The number of aryl methyl sites for hydroxylation is 2. The predicted octanol–water partition coefficient (Wildman–Crippen LogP) is 1.76. The molecule has 0 unspecified atom stereocenters. The van der Waals surface area contributed by atoms with Gasteiger partial charge in [0.2, 0.25) is 5.88 Å². The molecule has 20 heavy (non-hydrogen) atoms. The van der Waals surface area contributed by atoms with Crippen LogP contribution in [-0.2, 0) is 9.47 Å². The molecule has 1 rings (SSSR count). The van der Waals surface area contributed by atoms with Gasteiger partial charge in [-0.3, -0.25) is 0 Å². The average molecular weight is 298 g/mol. The van der Waals surface area contributed by atoms with Gasteiger partial charge in [-0.25, -0.2) is 4.98 Å². The molecule has 1 heterocycles. The van der Waals surface area contributed by atoms with Crippen molar-refractivity contribution < 1.29 is 14.2 Å². The van der Waals surface area contributed by atoms with Gasteiger partial charge >= 0.3 is 0 Å². The van der Waals surface area contributed by atoms with E-state index in [0.717, 1.165) is 17.7 Å². The van der Waals surface area contributed by atoms with Crippen molar-refractivity contribution in [2.24, 2.45) is 5.73 Å². The number of hydrogen-bond acceptors (Lipinski definition) is 5. The van der Waals surface area contributed by atoms with Crippen LogP contribution in [0.2, 0.25) is 0 Å². The van der Waals surface area contributed by atoms with Gasteiger partial charge in [0, 0.05) is 25.8 Å². The molecule has 0 fully saturated rings. The Bertz CT molecular complexity index is 452. The maximum Gasteiger partial charge on any atom is 0.224 e. The maximum absolute atomic E-state index is 5.72. The molecule has 0 radical (unpaired) electrons. The van der Waals surface area contributed by atoms with E-state index in [9.17, 15) is 0 Å². The highest BCUT2D eigenvalue weighted by molar-refractivity contribution is 7.80. The van der Waals surface area contributed by atoms with E-state index in [-0.39, 0.29) is 0 Å². The first-order chi connectivity index (χ1) is 9.56. The second-order valence-corrected chi connectivity index (χ2v) is 4.87. The molecule has 0 aliphatic heterocycles. The summed E-state index contributed by atoms with van der Waals surface area (Å²) < 4.78 is 15.9. The van der Waals surface area contributed by atoms with Gasteiger partial charge < -0.3 is 19.9 Å². The molecule has 5 nitrogen and oxygen atoms in total. The topological polar surface area (TPSA) is 66.6 Å². The maximum atomic E-state index is 5.72. The molecule has 1 aromatic rings. The lowest BCUT2D eigenvalue weighted by atomic mass is 10.1. The van der Waals surface area contributed by atoms with E-state index in [1.165, 1.54) is 0 Å². The fourth-order valence-corrected chi connectivity index (χ4v) is 2.03. The molecule has 0 atom stereocenters. The largest absolute Gasteiger partial charge is 0.477 e. The lowest BCUT2D eigenvalue weighted by Crippen LogP contribution is -2.16. The van der Waals surface area contributed by atoms with Crippen LogP contribution < -0.4 is 10.5 Å². The molecular weight excluding hydrogens is 276 g/mol. The minimum atomic E-state index is 0.307. The van der Waals surface area contributed by atoms with Crippen LogP contribution in [0.25, 0.3) is 0 Å². The minimum Gasteiger partial charge on any atom is -0.477 e. The van der Waals surface area contributed by atoms with Crippen molar-refractivity contribution in [1.29, 1.82) is 0 Å². The molecule has 0 aliphatic carbocycles. The lowest BCUT2D eigenvalue weighted by molar-refractivity contribution is 0.0642. The monoisotopic (exact) mass is 298 g/mol. The van der Waals surface area contributed by atoms with Gasteiger partial charge in [0.1, 0.15) is 4.99 Å². The third kappa shape index (κ3) is 5.40. The number of hydrogen-bond donors (Lipinski definition) is 1. The zero-order valence-electron chi connectivity index (χ0n) is 12.3. The SMILES string of the molecule is COCCOCCCOc1nc(C)cc(C)c1C(N)=S. The summed E-state index contributed by atoms with van der Waals surface area (Å²) in [6.45, 7) is 6.19. The zero-order chi connectivity index (χ0) is 15.0. The van der Waals surface area contributed by atoms with Crippen LogP contribution in [0.3, 0.4) is 0 Å². The Morgan fingerprint density at radius 3 is 2.65 bits per heavy atom. The summed E-state index contributed by atoms with van der Waals surface area (Å²) >= 11 is 5.05. The van der Waals surface area contributed by atoms with Crippen molar-refractivity contribution in [3.05, 3.63) is 22.9 Å². The third-order valence-electron chi connectivity index (χ3n) is 2.66. The zero-order valence-corrected chi connectivity index (χ0v) is 13.1. The molecule has 0 aliphatic rings. The Morgan fingerprint density at radius 1 is 1.25 bits per heavy atom. The number of ether oxygens (including phenoxy) is 3. The summed E-state index contributed by atoms with van der Waals surface area (Å²) in [5, 5.41) is 0. The molecule has 0 aromatic carbocycles. The Balaban J connectivity index is 2.49. The van der Waals surface area contributed by atoms with Crippen LogP contribution in [0, 0.1) is 13.8 Å². The molecule has 0 saturated heterocycles. The van der Waals surface area contributed by atoms with E-state index in [1.54, 1.807) is 7.11 Å². The smallest absolute Gasteiger partial charge is 0.224 e. The summed E-state index contributed by atoms with van der Waals surface area (Å²) in [5.74, 6) is 0.506. The molecule has 2 N–H and O–H groups in total. The summed E-state index contributed by atoms with van der Waals surface area (Å²) in [4.78, 5) is 4.66. The molecule has 0 bridgehead atoms. The number of aromatic nitrogens is 1. The van der Waals surface area contributed by atoms with Crippen LogP contribution in [0.5, 0.6) is 5.88 Å². The number of nitrogens with two attached hydrogens (primary N) is 1. The first-order valence-corrected chi connectivity index (χ1v) is 6.94. The van der Waals surface area contributed by atoms with Gasteiger partial charge in [-0.1, -0.05) is 12.2 Å². The van der Waals surface area contributed by atoms with Crippen molar-refractivity contribution in [3.8, 4) is 5.88 Å². The van der Waals surface area contributed by atoms with Crippen LogP contribution in [0.4, 0.5) is 0 Å². The van der Waals surface area contributed by atoms with Crippen molar-refractivity contribution in [2.75, 3.05) is 33.5 Å². The van der Waals surface area contributed by atoms with Gasteiger partial charge in [0.25, 0.3) is 0 Å². The highest BCUT2D eigenvalue weighted by Crippen LogP contribution is 2.20. The van der Waals surface area contributed by atoms with Crippen LogP contribution in [0.15, 0.2) is 6.07 Å². The van der Waals surface area contributed by atoms with Gasteiger partial charge in [-0.15, -0.1) is 0 Å². The predicted molar refractivity (Wildman–Crippen MR) is 82.4 cm³/mol. The number of rotatable bonds is 9. The van der Waals surface area contributed by atoms with Crippen molar-refractivity contribution in [2.45, 2.75) is 20.3 Å². The molecule has 1 aromatic heterocycles. The van der Waals surface area contributed by atoms with E-state index in [2.05, 4.69) is 4.98 Å². The Labute approximate surface area is 125 Å². The molecule has 112 valence electrons. The van der Waals surface area contributed by atoms with E-state index in [0.29, 0.717) is 42.9 Å². The summed E-state index contributed by atoms with van der Waals surface area (Å²) in [5.41, 5.74) is 8.30. The fourth-order valence-electron chi connectivity index (χ4n) is 1.78. The second-order valence-electron chi connectivity index (χ2n) is 4.43. The van der Waals surface area contributed by atoms with Crippen molar-refractivity contribution >= 4 is 17.2 Å². The fraction of sp³-hybridized carbons (Fsp3) is 0.571. The molecule has 0 spiro atoms. The molecule has 6 heteroatoms. The number of methoxy groups -OCH3 is 1. The summed E-state index contributed by atoms with van der Waals surface area (Å²) in [7, 11) is 1.65. The normalized spacial score (nSPS) is 10.6. The molecule has 0 amide bonds. The highest BCUT2D eigenvalue weighted by atomic mass is 32.1. The van der Waals surface area contributed by atoms with Gasteiger partial charge in [-0.05, 0) is 25.5 Å². The first-order valence-electron chi connectivity index (χ1n) is 6.53. The second kappa shape index (κ2) is 8.84. The Morgan fingerprint density at radius 2 is 2.00 bits per heavy atom. The first kappa shape index (κ1) is 16.8. The van der Waals surface area contributed by atoms with Gasteiger partial charge in [-0.2, -0.15) is 0 Å². The van der Waals surface area contributed by atoms with Crippen LogP contribution >= 0.6 is 12.2 Å². The van der Waals surface area contributed by atoms with E-state index in [1.807, 2.05) is 19.9 Å². The van der Waals surface area contributed by atoms with Crippen LogP contribution in [0.1, 0.15) is 23.2 Å². The standard InChI is InChI=1S/C14H22N2O3S/c1-10-9-11(2)16-14(12(10)13(15)20)19-6-4-5-18-8-7-17-3/h9H,4-8H2,1-3H3,(H2,15,20). The quantitative estimate of drug-likeness (QED) is 0.553. The van der Waals surface area contributed by atoms with Crippen LogP contribution in [-0.4, -0.2) is 43.5 Å². The molecular formula is C14H22N2O3S. The van der Waals surface area contributed by atoms with Crippen molar-refractivity contribution in [1.82, 2.24) is 4.98 Å². The number of nitrogens with zero attached hydrogens (tertiary/aromatic N) is 1. The third-order valence-corrected chi connectivity index (χ3v) is 2.87. The summed E-state index contributed by atoms with van der Waals surface area (Å²) in [6.07, 6.45) is 0.773. The highest BCUT2D eigenvalue weighted by Gasteiger charge is 2.12. The lowest BCUT2D eigenvalue weighted by Gasteiger charge is -2.13. The van der Waals surface area contributed by atoms with Gasteiger partial charge in [0.15, 0.2) is 0 Å². The summed E-state index contributed by atoms with van der Waals surface area (Å²) in [6, 6.07) is 1.94. The number of thiocarbonyl (C=S) groups is 1. The molecule has 0 saturated carbocycles. The van der Waals surface area contributed by atoms with E-state index < -0.39 is 0 Å². The number of pyridine rings is 1. The van der Waals surface area contributed by atoms with Gasteiger partial charge in [0.05, 0.1) is 25.4 Å².